The Kier molecular flexibility index (Phi) is 5.54. The van der Waals surface area contributed by atoms with Crippen LogP contribution < -0.4 is 0 Å². The van der Waals surface area contributed by atoms with Crippen LogP contribution in [0.5, 0.6) is 0 Å². The maximum absolute atomic E-state index is 6.44. The average molecular weight is 301 g/mol. The van der Waals surface area contributed by atoms with Gasteiger partial charge in [-0.05, 0) is 36.6 Å². The largest absolute Gasteiger partial charge is 0.328 e. The molecule has 1 nitrogen and oxygen atoms in total. The fourth-order valence-corrected chi connectivity index (χ4v) is 2.68. The molecule has 0 spiro atoms. The Morgan fingerprint density at radius 1 is 1.26 bits per heavy atom. The van der Waals surface area contributed by atoms with Crippen LogP contribution in [-0.4, -0.2) is 17.3 Å². The Morgan fingerprint density at radius 3 is 2.21 bits per heavy atom. The molecule has 3 heteroatoms. The van der Waals surface area contributed by atoms with E-state index in [9.17, 15) is 0 Å². The zero-order valence-corrected chi connectivity index (χ0v) is 14.1. The summed E-state index contributed by atoms with van der Waals surface area (Å²) in [6.07, 6.45) is 7.22. The van der Waals surface area contributed by atoms with E-state index in [1.54, 1.807) is 0 Å². The van der Waals surface area contributed by atoms with Gasteiger partial charge in [-0.1, -0.05) is 50.6 Å². The molecule has 0 aliphatic heterocycles. The predicted molar refractivity (Wildman–Crippen MR) is 89.3 cm³/mol. The van der Waals surface area contributed by atoms with E-state index in [1.807, 2.05) is 30.3 Å². The summed E-state index contributed by atoms with van der Waals surface area (Å²) >= 11 is 5.94. The molecule has 0 N–H and O–H groups in total. The lowest BCUT2D eigenvalue weighted by Gasteiger charge is -2.46. The first kappa shape index (κ1) is 16.6. The normalized spacial score (nSPS) is 15.1. The molecule has 0 aliphatic rings. The molecule has 1 atom stereocenters. The Labute approximate surface area is 124 Å². The van der Waals surface area contributed by atoms with E-state index in [4.69, 9.17) is 15.8 Å². The number of halogens is 1. The maximum atomic E-state index is 6.44. The molecule has 0 saturated heterocycles. The van der Waals surface area contributed by atoms with E-state index in [2.05, 4.69) is 39.9 Å². The lowest BCUT2D eigenvalue weighted by Crippen LogP contribution is -2.26. The number of hydrogen-bond acceptors (Lipinski definition) is 1. The minimum atomic E-state index is -1.16. The topological polar surface area (TPSA) is 9.23 Å². The number of hydrogen-bond donors (Lipinski definition) is 0. The van der Waals surface area contributed by atoms with Gasteiger partial charge in [0.25, 0.3) is 0 Å². The molecule has 1 unspecified atom stereocenters. The van der Waals surface area contributed by atoms with Crippen LogP contribution in [0.15, 0.2) is 36.9 Å². The van der Waals surface area contributed by atoms with Gasteiger partial charge in [0.15, 0.2) is 0 Å². The Morgan fingerprint density at radius 2 is 1.79 bits per heavy atom. The minimum absolute atomic E-state index is 0.0546. The van der Waals surface area contributed by atoms with Gasteiger partial charge in [-0.3, -0.25) is 0 Å². The maximum Gasteiger partial charge on any atom is 0.0985 e. The van der Waals surface area contributed by atoms with Gasteiger partial charge < -0.3 is 4.18 Å². The monoisotopic (exact) mass is 300 g/mol. The molecular formula is C16H25ClOS. The van der Waals surface area contributed by atoms with E-state index in [1.165, 1.54) is 0 Å². The summed E-state index contributed by atoms with van der Waals surface area (Å²) in [6.45, 7) is 10.5. The van der Waals surface area contributed by atoms with Crippen LogP contribution in [0.2, 0.25) is 5.02 Å². The average Bonchev–Trinajstić information content (AvgIpc) is 2.27. The van der Waals surface area contributed by atoms with Gasteiger partial charge in [-0.2, -0.15) is 0 Å². The van der Waals surface area contributed by atoms with Crippen LogP contribution in [0, 0.1) is 0 Å². The van der Waals surface area contributed by atoms with Crippen LogP contribution in [0.3, 0.4) is 0 Å². The molecule has 0 aliphatic carbocycles. The van der Waals surface area contributed by atoms with Crippen molar-refractivity contribution in [1.82, 2.24) is 0 Å². The predicted octanol–water partition coefficient (Wildman–Crippen LogP) is 5.75. The highest BCUT2D eigenvalue weighted by Crippen LogP contribution is 2.57. The molecule has 1 aromatic carbocycles. The first-order valence-corrected chi connectivity index (χ1v) is 9.20. The fraction of sp³-hybridized carbons (Fsp3) is 0.500. The summed E-state index contributed by atoms with van der Waals surface area (Å²) < 4.78 is 6.59. The Balaban J connectivity index is 2.96. The van der Waals surface area contributed by atoms with Gasteiger partial charge in [-0.25, -0.2) is 0 Å². The third kappa shape index (κ3) is 4.55. The van der Waals surface area contributed by atoms with E-state index in [0.717, 1.165) is 17.0 Å². The standard InChI is InChI=1S/C16H25ClOS/c1-7-8-15(13-9-11-14(17)12-10-13)18-19(5,6)16(2,3)4/h7,9-12,15H,1,8H2,2-6H3. The number of rotatable bonds is 5. The molecule has 0 radical (unpaired) electrons. The van der Waals surface area contributed by atoms with Crippen molar-refractivity contribution in [3.63, 3.8) is 0 Å². The second-order valence-electron chi connectivity index (χ2n) is 6.01. The summed E-state index contributed by atoms with van der Waals surface area (Å²) in [7, 11) is -1.16. The molecule has 0 amide bonds. The smallest absolute Gasteiger partial charge is 0.0985 e. The third-order valence-corrected chi connectivity index (χ3v) is 7.37. The summed E-state index contributed by atoms with van der Waals surface area (Å²) in [5.41, 5.74) is 1.16. The van der Waals surface area contributed by atoms with E-state index in [-0.39, 0.29) is 10.9 Å². The summed E-state index contributed by atoms with van der Waals surface area (Å²) in [5, 5.41) is 0.753. The molecule has 1 aromatic rings. The first-order chi connectivity index (χ1) is 8.67. The van der Waals surface area contributed by atoms with Crippen molar-refractivity contribution in [2.45, 2.75) is 38.0 Å². The van der Waals surface area contributed by atoms with Gasteiger partial charge in [0, 0.05) is 9.77 Å². The van der Waals surface area contributed by atoms with E-state index < -0.39 is 10.3 Å². The quantitative estimate of drug-likeness (QED) is 0.629. The highest BCUT2D eigenvalue weighted by atomic mass is 35.5. The van der Waals surface area contributed by atoms with Crippen molar-refractivity contribution in [3.8, 4) is 0 Å². The van der Waals surface area contributed by atoms with Gasteiger partial charge in [-0.15, -0.1) is 16.9 Å². The molecule has 0 fully saturated rings. The molecule has 0 saturated carbocycles. The van der Waals surface area contributed by atoms with Crippen molar-refractivity contribution in [3.05, 3.63) is 47.5 Å². The zero-order valence-electron chi connectivity index (χ0n) is 12.6. The van der Waals surface area contributed by atoms with Crippen molar-refractivity contribution >= 4 is 21.9 Å². The molecular weight excluding hydrogens is 276 g/mol. The van der Waals surface area contributed by atoms with E-state index >= 15 is 0 Å². The highest BCUT2D eigenvalue weighted by Gasteiger charge is 2.31. The van der Waals surface area contributed by atoms with E-state index in [0.29, 0.717) is 0 Å². The summed E-state index contributed by atoms with van der Waals surface area (Å²) in [5.74, 6) is 0. The fourth-order valence-electron chi connectivity index (χ4n) is 1.49. The molecule has 108 valence electrons. The molecule has 19 heavy (non-hydrogen) atoms. The second-order valence-corrected chi connectivity index (χ2v) is 10.3. The molecule has 0 aromatic heterocycles. The lowest BCUT2D eigenvalue weighted by molar-refractivity contribution is 0.235. The highest BCUT2D eigenvalue weighted by molar-refractivity contribution is 8.29. The molecule has 1 rings (SSSR count). The Bertz CT molecular complexity index is 417. The van der Waals surface area contributed by atoms with Crippen LogP contribution in [0.25, 0.3) is 0 Å². The first-order valence-electron chi connectivity index (χ1n) is 6.45. The third-order valence-electron chi connectivity index (χ3n) is 3.45. The van der Waals surface area contributed by atoms with Gasteiger partial charge in [0.2, 0.25) is 0 Å². The van der Waals surface area contributed by atoms with Gasteiger partial charge in [0.05, 0.1) is 6.10 Å². The van der Waals surface area contributed by atoms with Crippen LogP contribution in [0.4, 0.5) is 0 Å². The Hall–Kier alpha value is -0.440. The molecule has 0 heterocycles. The van der Waals surface area contributed by atoms with Crippen LogP contribution in [-0.2, 0) is 4.18 Å². The number of benzene rings is 1. The lowest BCUT2D eigenvalue weighted by atomic mass is 10.1. The molecule has 0 bridgehead atoms. The van der Waals surface area contributed by atoms with Gasteiger partial charge in [0.1, 0.15) is 0 Å². The van der Waals surface area contributed by atoms with Crippen molar-refractivity contribution < 1.29 is 4.18 Å². The summed E-state index contributed by atoms with van der Waals surface area (Å²) in [6, 6.07) is 7.90. The summed E-state index contributed by atoms with van der Waals surface area (Å²) in [4.78, 5) is 0. The zero-order chi connectivity index (χ0) is 14.7. The van der Waals surface area contributed by atoms with Crippen molar-refractivity contribution in [2.24, 2.45) is 0 Å². The van der Waals surface area contributed by atoms with Crippen molar-refractivity contribution in [2.75, 3.05) is 12.5 Å². The van der Waals surface area contributed by atoms with Crippen LogP contribution >= 0.6 is 21.9 Å². The van der Waals surface area contributed by atoms with Gasteiger partial charge >= 0.3 is 0 Å². The minimum Gasteiger partial charge on any atom is -0.328 e. The van der Waals surface area contributed by atoms with Crippen molar-refractivity contribution in [1.29, 1.82) is 0 Å². The SMILES string of the molecule is C=CCC(OS(C)(C)C(C)(C)C)c1ccc(Cl)cc1. The van der Waals surface area contributed by atoms with Crippen LogP contribution in [0.1, 0.15) is 38.9 Å². The second kappa shape index (κ2) is 6.34.